The zero-order valence-electron chi connectivity index (χ0n) is 10.4. The van der Waals surface area contributed by atoms with Gasteiger partial charge in [-0.15, -0.1) is 11.3 Å². The molecule has 0 saturated heterocycles. The maximum Gasteiger partial charge on any atom is 0.126 e. The molecule has 19 heavy (non-hydrogen) atoms. The van der Waals surface area contributed by atoms with Crippen LogP contribution < -0.4 is 5.32 Å². The molecule has 1 atom stereocenters. The Morgan fingerprint density at radius 1 is 1.16 bits per heavy atom. The Hall–Kier alpha value is -0.530. The lowest BCUT2D eigenvalue weighted by Gasteiger charge is -2.18. The van der Waals surface area contributed by atoms with E-state index in [9.17, 15) is 8.78 Å². The fourth-order valence-corrected chi connectivity index (χ4v) is 3.33. The molecule has 2 rings (SSSR count). The predicted molar refractivity (Wildman–Crippen MR) is 83.5 cm³/mol. The summed E-state index contributed by atoms with van der Waals surface area (Å²) in [7, 11) is 0. The molecule has 5 heteroatoms. The van der Waals surface area contributed by atoms with E-state index in [4.69, 9.17) is 0 Å². The van der Waals surface area contributed by atoms with Crippen molar-refractivity contribution in [2.24, 2.45) is 0 Å². The SMILES string of the molecule is CCCNC(c1cc(F)cc(F)c1)c1csc(I)c1. The van der Waals surface area contributed by atoms with Crippen LogP contribution in [0.15, 0.2) is 29.6 Å². The van der Waals surface area contributed by atoms with E-state index < -0.39 is 11.6 Å². The van der Waals surface area contributed by atoms with Crippen molar-refractivity contribution in [3.63, 3.8) is 0 Å². The van der Waals surface area contributed by atoms with Crippen LogP contribution in [0.3, 0.4) is 0 Å². The first-order valence-corrected chi connectivity index (χ1v) is 7.99. The molecule has 1 nitrogen and oxygen atoms in total. The Bertz CT molecular complexity index is 536. The minimum absolute atomic E-state index is 0.162. The molecule has 0 amide bonds. The standard InChI is InChI=1S/C14H14F2INS/c1-2-3-18-14(10-6-13(17)19-8-10)9-4-11(15)7-12(16)5-9/h4-8,14,18H,2-3H2,1H3. The average Bonchev–Trinajstić information content (AvgIpc) is 2.75. The van der Waals surface area contributed by atoms with Crippen molar-refractivity contribution in [2.75, 3.05) is 6.54 Å². The zero-order chi connectivity index (χ0) is 13.8. The summed E-state index contributed by atoms with van der Waals surface area (Å²) in [6.45, 7) is 2.86. The molecular weight excluding hydrogens is 379 g/mol. The van der Waals surface area contributed by atoms with E-state index in [0.717, 1.165) is 27.5 Å². The second kappa shape index (κ2) is 6.76. The number of nitrogens with one attached hydrogen (secondary N) is 1. The van der Waals surface area contributed by atoms with E-state index in [1.807, 2.05) is 11.4 Å². The molecule has 0 saturated carbocycles. The number of thiophene rings is 1. The maximum atomic E-state index is 13.4. The van der Waals surface area contributed by atoms with Gasteiger partial charge in [0, 0.05) is 6.07 Å². The Morgan fingerprint density at radius 3 is 2.37 bits per heavy atom. The Morgan fingerprint density at radius 2 is 1.84 bits per heavy atom. The zero-order valence-corrected chi connectivity index (χ0v) is 13.4. The van der Waals surface area contributed by atoms with Crippen molar-refractivity contribution in [1.29, 1.82) is 0 Å². The van der Waals surface area contributed by atoms with Gasteiger partial charge in [0.05, 0.1) is 8.93 Å². The first kappa shape index (κ1) is 14.9. The Labute approximate surface area is 129 Å². The third-order valence-electron chi connectivity index (χ3n) is 2.74. The summed E-state index contributed by atoms with van der Waals surface area (Å²) in [6.07, 6.45) is 0.968. The van der Waals surface area contributed by atoms with E-state index in [1.54, 1.807) is 11.3 Å². The van der Waals surface area contributed by atoms with Crippen molar-refractivity contribution in [3.05, 3.63) is 55.3 Å². The van der Waals surface area contributed by atoms with Crippen LogP contribution in [0.5, 0.6) is 0 Å². The second-order valence-electron chi connectivity index (χ2n) is 4.27. The minimum atomic E-state index is -0.539. The van der Waals surface area contributed by atoms with Crippen molar-refractivity contribution in [3.8, 4) is 0 Å². The van der Waals surface area contributed by atoms with Gasteiger partial charge < -0.3 is 5.32 Å². The summed E-state index contributed by atoms with van der Waals surface area (Å²) in [5.41, 5.74) is 1.67. The second-order valence-corrected chi connectivity index (χ2v) is 7.08. The number of hydrogen-bond donors (Lipinski definition) is 1. The highest BCUT2D eigenvalue weighted by atomic mass is 127. The van der Waals surface area contributed by atoms with Crippen LogP contribution in [0.2, 0.25) is 0 Å². The van der Waals surface area contributed by atoms with Crippen LogP contribution in [0.25, 0.3) is 0 Å². The lowest BCUT2D eigenvalue weighted by Crippen LogP contribution is -2.23. The molecule has 1 heterocycles. The molecule has 0 aliphatic heterocycles. The molecule has 0 aliphatic rings. The summed E-state index contributed by atoms with van der Waals surface area (Å²) >= 11 is 3.88. The molecule has 2 aromatic rings. The smallest absolute Gasteiger partial charge is 0.126 e. The van der Waals surface area contributed by atoms with Crippen LogP contribution in [-0.4, -0.2) is 6.54 Å². The summed E-state index contributed by atoms with van der Waals surface area (Å²) in [5, 5.41) is 5.37. The van der Waals surface area contributed by atoms with Gasteiger partial charge in [-0.2, -0.15) is 0 Å². The van der Waals surface area contributed by atoms with Gasteiger partial charge in [-0.05, 0) is 70.3 Å². The van der Waals surface area contributed by atoms with Crippen LogP contribution in [0, 0.1) is 14.5 Å². The molecule has 0 fully saturated rings. The molecule has 1 aromatic carbocycles. The molecule has 1 unspecified atom stereocenters. The lowest BCUT2D eigenvalue weighted by molar-refractivity contribution is 0.559. The van der Waals surface area contributed by atoms with E-state index >= 15 is 0 Å². The molecule has 102 valence electrons. The average molecular weight is 393 g/mol. The highest BCUT2D eigenvalue weighted by Gasteiger charge is 2.16. The highest BCUT2D eigenvalue weighted by Crippen LogP contribution is 2.28. The van der Waals surface area contributed by atoms with Gasteiger partial charge in [0.25, 0.3) is 0 Å². The third kappa shape index (κ3) is 3.97. The molecule has 0 bridgehead atoms. The summed E-state index contributed by atoms with van der Waals surface area (Å²) in [4.78, 5) is 0. The van der Waals surface area contributed by atoms with Crippen molar-refractivity contribution in [1.82, 2.24) is 5.32 Å². The fraction of sp³-hybridized carbons (Fsp3) is 0.286. The normalized spacial score (nSPS) is 12.6. The van der Waals surface area contributed by atoms with Crippen LogP contribution in [0.4, 0.5) is 8.78 Å². The maximum absolute atomic E-state index is 13.4. The van der Waals surface area contributed by atoms with Crippen molar-refractivity contribution < 1.29 is 8.78 Å². The Balaban J connectivity index is 2.36. The third-order valence-corrected chi connectivity index (χ3v) is 4.54. The number of hydrogen-bond acceptors (Lipinski definition) is 2. The molecular formula is C14H14F2INS. The van der Waals surface area contributed by atoms with Gasteiger partial charge in [0.15, 0.2) is 0 Å². The first-order chi connectivity index (χ1) is 9.10. The molecule has 1 N–H and O–H groups in total. The number of halogens is 3. The minimum Gasteiger partial charge on any atom is -0.306 e. The van der Waals surface area contributed by atoms with Crippen LogP contribution in [-0.2, 0) is 0 Å². The van der Waals surface area contributed by atoms with E-state index in [0.29, 0.717) is 5.56 Å². The Kier molecular flexibility index (Phi) is 5.29. The van der Waals surface area contributed by atoms with E-state index in [-0.39, 0.29) is 6.04 Å². The van der Waals surface area contributed by atoms with Crippen molar-refractivity contribution >= 4 is 33.9 Å². The van der Waals surface area contributed by atoms with Gasteiger partial charge in [-0.25, -0.2) is 8.78 Å². The van der Waals surface area contributed by atoms with Gasteiger partial charge in [-0.3, -0.25) is 0 Å². The lowest BCUT2D eigenvalue weighted by atomic mass is 10.0. The van der Waals surface area contributed by atoms with Gasteiger partial charge in [0.2, 0.25) is 0 Å². The first-order valence-electron chi connectivity index (χ1n) is 6.03. The van der Waals surface area contributed by atoms with Crippen molar-refractivity contribution in [2.45, 2.75) is 19.4 Å². The van der Waals surface area contributed by atoms with E-state index in [1.165, 1.54) is 12.1 Å². The molecule has 0 aliphatic carbocycles. The van der Waals surface area contributed by atoms with Gasteiger partial charge >= 0.3 is 0 Å². The van der Waals surface area contributed by atoms with Crippen LogP contribution in [0.1, 0.15) is 30.5 Å². The topological polar surface area (TPSA) is 12.0 Å². The molecule has 0 spiro atoms. The number of benzene rings is 1. The van der Waals surface area contributed by atoms with Crippen LogP contribution >= 0.6 is 33.9 Å². The highest BCUT2D eigenvalue weighted by molar-refractivity contribution is 14.1. The van der Waals surface area contributed by atoms with E-state index in [2.05, 4.69) is 34.8 Å². The van der Waals surface area contributed by atoms with Gasteiger partial charge in [0.1, 0.15) is 11.6 Å². The number of rotatable bonds is 5. The largest absolute Gasteiger partial charge is 0.306 e. The fourth-order valence-electron chi connectivity index (χ4n) is 1.93. The summed E-state index contributed by atoms with van der Waals surface area (Å²) in [5.74, 6) is -1.08. The van der Waals surface area contributed by atoms with Gasteiger partial charge in [-0.1, -0.05) is 6.92 Å². The quantitative estimate of drug-likeness (QED) is 0.725. The monoisotopic (exact) mass is 393 g/mol. The summed E-state index contributed by atoms with van der Waals surface area (Å²) < 4.78 is 27.9. The predicted octanol–water partition coefficient (Wildman–Crippen LogP) is 4.72. The summed E-state index contributed by atoms with van der Waals surface area (Å²) in [6, 6.07) is 5.56. The molecule has 1 aromatic heterocycles. The molecule has 0 radical (unpaired) electrons.